The van der Waals surface area contributed by atoms with E-state index < -0.39 is 15.3 Å². The summed E-state index contributed by atoms with van der Waals surface area (Å²) in [6.45, 7) is 2.74. The van der Waals surface area contributed by atoms with Gasteiger partial charge in [0.15, 0.2) is 5.16 Å². The molecule has 2 aromatic rings. The summed E-state index contributed by atoms with van der Waals surface area (Å²) < 4.78 is 27.2. The number of sulfonamides is 1. The van der Waals surface area contributed by atoms with Gasteiger partial charge in [0.25, 0.3) is 0 Å². The smallest absolute Gasteiger partial charge is 0.243 e. The van der Waals surface area contributed by atoms with Gasteiger partial charge in [0.05, 0.1) is 20.9 Å². The summed E-state index contributed by atoms with van der Waals surface area (Å²) in [4.78, 5) is 20.8. The number of aromatic nitrogens is 2. The van der Waals surface area contributed by atoms with Crippen molar-refractivity contribution in [3.8, 4) is 0 Å². The number of nitrogens with zero attached hydrogens (tertiary/aromatic N) is 3. The normalized spacial score (nSPS) is 16.5. The quantitative estimate of drug-likeness (QED) is 0.546. The number of amides is 1. The molecule has 150 valence electrons. The number of piperidine rings is 1. The minimum absolute atomic E-state index is 0.126. The molecular formula is C18H21ClN4O3S2. The van der Waals surface area contributed by atoms with Crippen LogP contribution in [-0.4, -0.2) is 46.9 Å². The minimum atomic E-state index is -3.61. The first kappa shape index (κ1) is 21.0. The molecule has 0 spiro atoms. The van der Waals surface area contributed by atoms with Crippen LogP contribution in [-0.2, 0) is 14.8 Å². The molecule has 7 nitrogen and oxygen atoms in total. The first-order chi connectivity index (χ1) is 13.4. The predicted octanol–water partition coefficient (Wildman–Crippen LogP) is 3.42. The van der Waals surface area contributed by atoms with Crippen molar-refractivity contribution in [2.24, 2.45) is 0 Å². The Morgan fingerprint density at radius 1 is 1.21 bits per heavy atom. The zero-order valence-corrected chi connectivity index (χ0v) is 17.7. The van der Waals surface area contributed by atoms with Crippen LogP contribution in [0.15, 0.2) is 46.7 Å². The van der Waals surface area contributed by atoms with Gasteiger partial charge in [0.1, 0.15) is 0 Å². The molecule has 1 fully saturated rings. The highest BCUT2D eigenvalue weighted by Gasteiger charge is 2.27. The van der Waals surface area contributed by atoms with Crippen LogP contribution in [0.25, 0.3) is 0 Å². The lowest BCUT2D eigenvalue weighted by Gasteiger charge is -2.26. The van der Waals surface area contributed by atoms with Gasteiger partial charge in [-0.2, -0.15) is 4.31 Å². The van der Waals surface area contributed by atoms with E-state index in [1.54, 1.807) is 25.4 Å². The molecule has 3 rings (SSSR count). The average Bonchev–Trinajstić information content (AvgIpc) is 2.71. The molecule has 2 heterocycles. The number of thioether (sulfide) groups is 1. The number of carbonyl (C=O) groups excluding carboxylic acids is 1. The first-order valence-electron chi connectivity index (χ1n) is 8.92. The van der Waals surface area contributed by atoms with Crippen LogP contribution >= 0.6 is 23.4 Å². The average molecular weight is 441 g/mol. The van der Waals surface area contributed by atoms with E-state index >= 15 is 0 Å². The Labute approximate surface area is 173 Å². The van der Waals surface area contributed by atoms with Crippen molar-refractivity contribution >= 4 is 45.0 Å². The second-order valence-electron chi connectivity index (χ2n) is 6.39. The molecule has 1 amide bonds. The number of hydrogen-bond acceptors (Lipinski definition) is 6. The summed E-state index contributed by atoms with van der Waals surface area (Å²) in [6, 6.07) is 6.08. The molecule has 1 aliphatic rings. The van der Waals surface area contributed by atoms with Crippen LogP contribution in [0, 0.1) is 0 Å². The number of benzene rings is 1. The van der Waals surface area contributed by atoms with Crippen molar-refractivity contribution in [3.05, 3.63) is 41.7 Å². The largest absolute Gasteiger partial charge is 0.324 e. The van der Waals surface area contributed by atoms with Crippen molar-refractivity contribution < 1.29 is 13.2 Å². The fourth-order valence-corrected chi connectivity index (χ4v) is 5.24. The minimum Gasteiger partial charge on any atom is -0.324 e. The van der Waals surface area contributed by atoms with Gasteiger partial charge in [-0.3, -0.25) is 4.79 Å². The number of rotatable bonds is 6. The molecule has 1 unspecified atom stereocenters. The lowest BCUT2D eigenvalue weighted by Crippen LogP contribution is -2.35. The topological polar surface area (TPSA) is 92.3 Å². The highest BCUT2D eigenvalue weighted by molar-refractivity contribution is 8.00. The highest BCUT2D eigenvalue weighted by atomic mass is 35.5. The Morgan fingerprint density at radius 3 is 2.57 bits per heavy atom. The van der Waals surface area contributed by atoms with Crippen LogP contribution in [0.5, 0.6) is 0 Å². The number of nitrogens with one attached hydrogen (secondary N) is 1. The maximum Gasteiger partial charge on any atom is 0.243 e. The van der Waals surface area contributed by atoms with Crippen molar-refractivity contribution in [2.45, 2.75) is 41.5 Å². The van der Waals surface area contributed by atoms with Crippen molar-refractivity contribution in [2.75, 3.05) is 18.4 Å². The molecule has 28 heavy (non-hydrogen) atoms. The van der Waals surface area contributed by atoms with E-state index in [4.69, 9.17) is 11.6 Å². The fourth-order valence-electron chi connectivity index (χ4n) is 2.81. The highest BCUT2D eigenvalue weighted by Crippen LogP contribution is 2.29. The summed E-state index contributed by atoms with van der Waals surface area (Å²) >= 11 is 7.39. The van der Waals surface area contributed by atoms with Crippen LogP contribution in [0.3, 0.4) is 0 Å². The predicted molar refractivity (Wildman–Crippen MR) is 110 cm³/mol. The van der Waals surface area contributed by atoms with E-state index in [0.717, 1.165) is 19.3 Å². The fraction of sp³-hybridized carbons (Fsp3) is 0.389. The molecule has 0 bridgehead atoms. The summed E-state index contributed by atoms with van der Waals surface area (Å²) in [5, 5.41) is 2.99. The third-order valence-electron chi connectivity index (χ3n) is 4.34. The van der Waals surface area contributed by atoms with E-state index in [1.807, 2.05) is 0 Å². The Morgan fingerprint density at radius 2 is 1.89 bits per heavy atom. The number of hydrogen-bond donors (Lipinski definition) is 1. The lowest BCUT2D eigenvalue weighted by atomic mass is 10.2. The van der Waals surface area contributed by atoms with Crippen LogP contribution < -0.4 is 5.32 Å². The van der Waals surface area contributed by atoms with E-state index in [0.29, 0.717) is 18.2 Å². The molecule has 0 aliphatic carbocycles. The van der Waals surface area contributed by atoms with Gasteiger partial charge < -0.3 is 5.32 Å². The first-order valence-corrected chi connectivity index (χ1v) is 11.6. The molecule has 0 saturated carbocycles. The lowest BCUT2D eigenvalue weighted by molar-refractivity contribution is -0.115. The molecular weight excluding hydrogens is 420 g/mol. The van der Waals surface area contributed by atoms with Crippen LogP contribution in [0.1, 0.15) is 26.2 Å². The van der Waals surface area contributed by atoms with Gasteiger partial charge in [0, 0.05) is 25.5 Å². The molecule has 1 saturated heterocycles. The van der Waals surface area contributed by atoms with Gasteiger partial charge in [-0.1, -0.05) is 29.8 Å². The number of carbonyl (C=O) groups is 1. The molecule has 10 heteroatoms. The molecule has 1 aliphatic heterocycles. The third kappa shape index (κ3) is 5.02. The molecule has 1 aromatic heterocycles. The summed E-state index contributed by atoms with van der Waals surface area (Å²) in [5.74, 6) is -0.313. The van der Waals surface area contributed by atoms with Gasteiger partial charge >= 0.3 is 0 Å². The zero-order valence-electron chi connectivity index (χ0n) is 15.3. The molecule has 1 atom stereocenters. The zero-order chi connectivity index (χ0) is 20.1. The Balaban J connectivity index is 1.75. The van der Waals surface area contributed by atoms with Gasteiger partial charge in [-0.15, -0.1) is 0 Å². The number of halogens is 1. The van der Waals surface area contributed by atoms with E-state index in [-0.39, 0.29) is 21.5 Å². The van der Waals surface area contributed by atoms with E-state index in [9.17, 15) is 13.2 Å². The van der Waals surface area contributed by atoms with Crippen LogP contribution in [0.2, 0.25) is 5.02 Å². The number of anilines is 1. The summed E-state index contributed by atoms with van der Waals surface area (Å²) in [5.41, 5.74) is 0.270. The van der Waals surface area contributed by atoms with Crippen molar-refractivity contribution in [3.63, 3.8) is 0 Å². The maximum absolute atomic E-state index is 12.9. The van der Waals surface area contributed by atoms with Crippen molar-refractivity contribution in [1.29, 1.82) is 0 Å². The van der Waals surface area contributed by atoms with Gasteiger partial charge in [-0.25, -0.2) is 18.4 Å². The molecule has 1 aromatic carbocycles. The van der Waals surface area contributed by atoms with Gasteiger partial charge in [-0.05, 0) is 44.0 Å². The SMILES string of the molecule is CC(Sc1ncccn1)C(=O)Nc1cc(S(=O)(=O)N2CCCCC2)ccc1Cl. The van der Waals surface area contributed by atoms with E-state index in [1.165, 1.54) is 34.3 Å². The summed E-state index contributed by atoms with van der Waals surface area (Å²) in [6.07, 6.45) is 5.95. The Hall–Kier alpha value is -1.68. The standard InChI is InChI=1S/C18H21ClN4O3S2/c1-13(27-18-20-8-5-9-21-18)17(24)22-16-12-14(6-7-15(16)19)28(25,26)23-10-3-2-4-11-23/h5-9,12-13H,2-4,10-11H2,1H3,(H,22,24). The molecule has 1 N–H and O–H groups in total. The monoisotopic (exact) mass is 440 g/mol. The maximum atomic E-state index is 12.9. The van der Waals surface area contributed by atoms with Crippen LogP contribution in [0.4, 0.5) is 5.69 Å². The summed E-state index contributed by atoms with van der Waals surface area (Å²) in [7, 11) is -3.61. The second kappa shape index (κ2) is 9.21. The third-order valence-corrected chi connectivity index (χ3v) is 7.56. The molecule has 0 radical (unpaired) electrons. The van der Waals surface area contributed by atoms with Gasteiger partial charge in [0.2, 0.25) is 15.9 Å². The second-order valence-corrected chi connectivity index (χ2v) is 10.0. The Kier molecular flexibility index (Phi) is 6.92. The van der Waals surface area contributed by atoms with E-state index in [2.05, 4.69) is 15.3 Å². The van der Waals surface area contributed by atoms with Crippen molar-refractivity contribution in [1.82, 2.24) is 14.3 Å². The Bertz CT molecular complexity index is 935.